The molecule has 11 heteroatoms. The van der Waals surface area contributed by atoms with Gasteiger partial charge in [-0.3, -0.25) is 4.79 Å². The molecule has 1 aromatic carbocycles. The van der Waals surface area contributed by atoms with Crippen LogP contribution in [-0.4, -0.2) is 34.1 Å². The minimum atomic E-state index is -1.89. The van der Waals surface area contributed by atoms with E-state index in [1.807, 2.05) is 0 Å². The molecule has 1 amide bonds. The fourth-order valence-electron chi connectivity index (χ4n) is 1.98. The lowest BCUT2D eigenvalue weighted by Crippen LogP contribution is -2.56. The number of anilines is 1. The Bertz CT molecular complexity index is 826. The van der Waals surface area contributed by atoms with E-state index in [1.165, 1.54) is 18.4 Å². The zero-order valence-corrected chi connectivity index (χ0v) is 17.7. The lowest BCUT2D eigenvalue weighted by molar-refractivity contribution is 0.0601. The lowest BCUT2D eigenvalue weighted by Gasteiger charge is -2.27. The first-order valence-electron chi connectivity index (χ1n) is 7.38. The second-order valence-electron chi connectivity index (χ2n) is 5.06. The molecule has 2 aromatic rings. The third-order valence-corrected chi connectivity index (χ3v) is 4.95. The van der Waals surface area contributed by atoms with Crippen LogP contribution in [0.2, 0.25) is 0 Å². The molecular weight excluding hydrogens is 453 g/mol. The number of alkyl halides is 3. The van der Waals surface area contributed by atoms with Gasteiger partial charge in [0.05, 0.1) is 23.2 Å². The molecule has 0 fully saturated rings. The third kappa shape index (κ3) is 6.22. The van der Waals surface area contributed by atoms with Crippen molar-refractivity contribution in [1.82, 2.24) is 10.6 Å². The number of methoxy groups -OCH3 is 1. The van der Waals surface area contributed by atoms with E-state index in [-0.39, 0.29) is 10.7 Å². The van der Waals surface area contributed by atoms with Gasteiger partial charge in [-0.05, 0) is 35.8 Å². The molecule has 1 heterocycles. The van der Waals surface area contributed by atoms with Gasteiger partial charge in [0.2, 0.25) is 3.79 Å². The van der Waals surface area contributed by atoms with Gasteiger partial charge in [-0.25, -0.2) is 4.79 Å². The molecule has 6 nitrogen and oxygen atoms in total. The number of hydrogen-bond donors (Lipinski definition) is 3. The molecule has 0 saturated heterocycles. The highest BCUT2D eigenvalue weighted by Gasteiger charge is 2.35. The van der Waals surface area contributed by atoms with Gasteiger partial charge in [0.25, 0.3) is 5.91 Å². The van der Waals surface area contributed by atoms with E-state index < -0.39 is 21.8 Å². The Morgan fingerprint density at radius 1 is 1.15 bits per heavy atom. The summed E-state index contributed by atoms with van der Waals surface area (Å²) in [5.74, 6) is -0.962. The van der Waals surface area contributed by atoms with Crippen molar-refractivity contribution in [2.75, 3.05) is 12.4 Å². The monoisotopic (exact) mass is 465 g/mol. The average molecular weight is 467 g/mol. The summed E-state index contributed by atoms with van der Waals surface area (Å²) in [5, 5.41) is 9.92. The quantitative estimate of drug-likeness (QED) is 0.268. The molecule has 0 aliphatic carbocycles. The van der Waals surface area contributed by atoms with Gasteiger partial charge in [0, 0.05) is 0 Å². The molecule has 0 bridgehead atoms. The number of amides is 1. The number of carbonyl (C=O) groups excluding carboxylic acids is 2. The maximum absolute atomic E-state index is 12.2. The highest BCUT2D eigenvalue weighted by molar-refractivity contribution is 7.80. The number of esters is 1. The molecular formula is C16H14Cl3N3O3S2. The van der Waals surface area contributed by atoms with Crippen molar-refractivity contribution in [1.29, 1.82) is 0 Å². The molecule has 27 heavy (non-hydrogen) atoms. The van der Waals surface area contributed by atoms with Gasteiger partial charge in [-0.2, -0.15) is 0 Å². The van der Waals surface area contributed by atoms with E-state index in [9.17, 15) is 9.59 Å². The van der Waals surface area contributed by atoms with Crippen LogP contribution in [-0.2, 0) is 4.74 Å². The topological polar surface area (TPSA) is 79.5 Å². The largest absolute Gasteiger partial charge is 0.465 e. The van der Waals surface area contributed by atoms with E-state index in [4.69, 9.17) is 51.8 Å². The average Bonchev–Trinajstić information content (AvgIpc) is 3.15. The number of benzene rings is 1. The molecule has 0 aliphatic heterocycles. The fourth-order valence-corrected chi connectivity index (χ4v) is 3.16. The molecule has 1 aromatic heterocycles. The van der Waals surface area contributed by atoms with Gasteiger partial charge < -0.3 is 20.7 Å². The Balaban J connectivity index is 2.11. The van der Waals surface area contributed by atoms with E-state index in [0.29, 0.717) is 10.6 Å². The first-order valence-corrected chi connectivity index (χ1v) is 9.80. The zero-order chi connectivity index (χ0) is 20.0. The van der Waals surface area contributed by atoms with Crippen molar-refractivity contribution >= 4 is 81.0 Å². The van der Waals surface area contributed by atoms with Gasteiger partial charge in [-0.1, -0.05) is 53.0 Å². The SMILES string of the molecule is COC(=O)c1ccccc1NC(=S)NC(NC(=O)c1cccs1)C(Cl)(Cl)Cl. The Labute approximate surface area is 180 Å². The summed E-state index contributed by atoms with van der Waals surface area (Å²) in [7, 11) is 1.27. The van der Waals surface area contributed by atoms with Crippen LogP contribution in [0.1, 0.15) is 20.0 Å². The standard InChI is InChI=1S/C16H14Cl3N3O3S2/c1-25-13(24)9-5-2-3-6-10(9)20-15(26)22-14(16(17,18)19)21-12(23)11-7-4-8-27-11/h2-8,14H,1H3,(H,21,23)(H2,20,22,26). The summed E-state index contributed by atoms with van der Waals surface area (Å²) in [6.07, 6.45) is -1.12. The van der Waals surface area contributed by atoms with Crippen LogP contribution >= 0.6 is 58.4 Å². The Morgan fingerprint density at radius 3 is 2.44 bits per heavy atom. The van der Waals surface area contributed by atoms with Crippen molar-refractivity contribution in [3.8, 4) is 0 Å². The van der Waals surface area contributed by atoms with E-state index in [0.717, 1.165) is 0 Å². The van der Waals surface area contributed by atoms with Crippen LogP contribution in [0.4, 0.5) is 5.69 Å². The van der Waals surface area contributed by atoms with E-state index in [2.05, 4.69) is 16.0 Å². The highest BCUT2D eigenvalue weighted by atomic mass is 35.6. The number of rotatable bonds is 5. The maximum Gasteiger partial charge on any atom is 0.339 e. The normalized spacial score (nSPS) is 12.0. The third-order valence-electron chi connectivity index (χ3n) is 3.20. The number of hydrogen-bond acceptors (Lipinski definition) is 5. The van der Waals surface area contributed by atoms with Crippen molar-refractivity contribution in [3.05, 3.63) is 52.2 Å². The van der Waals surface area contributed by atoms with Crippen molar-refractivity contribution in [2.45, 2.75) is 9.96 Å². The Kier molecular flexibility index (Phi) is 7.69. The summed E-state index contributed by atoms with van der Waals surface area (Å²) < 4.78 is 2.84. The number of thiocarbonyl (C=S) groups is 1. The number of para-hydroxylation sites is 1. The van der Waals surface area contributed by atoms with Crippen LogP contribution < -0.4 is 16.0 Å². The minimum Gasteiger partial charge on any atom is -0.465 e. The lowest BCUT2D eigenvalue weighted by atomic mass is 10.2. The number of halogens is 3. The van der Waals surface area contributed by atoms with Crippen molar-refractivity contribution in [3.63, 3.8) is 0 Å². The van der Waals surface area contributed by atoms with E-state index in [1.54, 1.807) is 41.8 Å². The Hall–Kier alpha value is -1.58. The summed E-state index contributed by atoms with van der Waals surface area (Å²) >= 11 is 24.3. The Morgan fingerprint density at radius 2 is 1.85 bits per heavy atom. The molecule has 0 radical (unpaired) electrons. The number of thiophene rings is 1. The summed E-state index contributed by atoms with van der Waals surface area (Å²) in [6.45, 7) is 0. The molecule has 2 rings (SSSR count). The number of carbonyl (C=O) groups is 2. The maximum atomic E-state index is 12.2. The van der Waals surface area contributed by atoms with E-state index >= 15 is 0 Å². The van der Waals surface area contributed by atoms with Crippen LogP contribution in [0.25, 0.3) is 0 Å². The van der Waals surface area contributed by atoms with Crippen LogP contribution in [0.3, 0.4) is 0 Å². The highest BCUT2D eigenvalue weighted by Crippen LogP contribution is 2.29. The molecule has 3 N–H and O–H groups in total. The first kappa shape index (κ1) is 21.7. The minimum absolute atomic E-state index is 0.0363. The van der Waals surface area contributed by atoms with Gasteiger partial charge in [0.15, 0.2) is 5.11 Å². The zero-order valence-electron chi connectivity index (χ0n) is 13.8. The molecule has 144 valence electrons. The smallest absolute Gasteiger partial charge is 0.339 e. The second-order valence-corrected chi connectivity index (χ2v) is 8.79. The molecule has 0 spiro atoms. The number of ether oxygens (including phenoxy) is 1. The van der Waals surface area contributed by atoms with Crippen molar-refractivity contribution in [2.24, 2.45) is 0 Å². The summed E-state index contributed by atoms with van der Waals surface area (Å²) in [6, 6.07) is 9.96. The first-order chi connectivity index (χ1) is 12.7. The second kappa shape index (κ2) is 9.57. The molecule has 1 atom stereocenters. The van der Waals surface area contributed by atoms with Crippen LogP contribution in [0.5, 0.6) is 0 Å². The summed E-state index contributed by atoms with van der Waals surface area (Å²) in [5.41, 5.74) is 0.673. The number of nitrogens with one attached hydrogen (secondary N) is 3. The van der Waals surface area contributed by atoms with Crippen molar-refractivity contribution < 1.29 is 14.3 Å². The molecule has 0 aliphatic rings. The van der Waals surface area contributed by atoms with Gasteiger partial charge in [-0.15, -0.1) is 11.3 Å². The predicted octanol–water partition coefficient (Wildman–Crippen LogP) is 3.95. The van der Waals surface area contributed by atoms with Crippen LogP contribution in [0.15, 0.2) is 41.8 Å². The van der Waals surface area contributed by atoms with Gasteiger partial charge in [0.1, 0.15) is 6.17 Å². The summed E-state index contributed by atoms with van der Waals surface area (Å²) in [4.78, 5) is 24.5. The molecule has 1 unspecified atom stereocenters. The van der Waals surface area contributed by atoms with Crippen LogP contribution in [0, 0.1) is 0 Å². The fraction of sp³-hybridized carbons (Fsp3) is 0.188. The predicted molar refractivity (Wildman–Crippen MR) is 113 cm³/mol. The molecule has 0 saturated carbocycles. The van der Waals surface area contributed by atoms with Gasteiger partial charge >= 0.3 is 5.97 Å².